The SMILES string of the molecule is CN(Cc1ccccn1)C(=O)c1ccccc1C#CCO. The van der Waals surface area contributed by atoms with Crippen LogP contribution in [0.25, 0.3) is 0 Å². The number of aromatic nitrogens is 1. The van der Waals surface area contributed by atoms with Crippen molar-refractivity contribution in [1.82, 2.24) is 9.88 Å². The van der Waals surface area contributed by atoms with Gasteiger partial charge in [0, 0.05) is 18.8 Å². The van der Waals surface area contributed by atoms with Gasteiger partial charge in [-0.3, -0.25) is 9.78 Å². The summed E-state index contributed by atoms with van der Waals surface area (Å²) in [5, 5.41) is 8.78. The predicted octanol–water partition coefficient (Wildman–Crippen LogP) is 1.70. The Labute approximate surface area is 124 Å². The Balaban J connectivity index is 2.20. The van der Waals surface area contributed by atoms with Crippen molar-refractivity contribution in [3.8, 4) is 11.8 Å². The molecule has 0 bridgehead atoms. The summed E-state index contributed by atoms with van der Waals surface area (Å²) in [6.45, 7) is 0.202. The topological polar surface area (TPSA) is 53.4 Å². The van der Waals surface area contributed by atoms with Gasteiger partial charge in [-0.1, -0.05) is 30.0 Å². The number of aliphatic hydroxyl groups excluding tert-OH is 1. The van der Waals surface area contributed by atoms with Gasteiger partial charge in [0.25, 0.3) is 5.91 Å². The van der Waals surface area contributed by atoms with Crippen molar-refractivity contribution < 1.29 is 9.90 Å². The molecule has 0 aliphatic heterocycles. The Morgan fingerprint density at radius 1 is 1.24 bits per heavy atom. The van der Waals surface area contributed by atoms with Crippen LogP contribution in [-0.4, -0.2) is 34.6 Å². The molecule has 1 N–H and O–H groups in total. The second-order valence-electron chi connectivity index (χ2n) is 4.49. The van der Waals surface area contributed by atoms with Crippen LogP contribution in [0.3, 0.4) is 0 Å². The first-order valence-corrected chi connectivity index (χ1v) is 6.56. The summed E-state index contributed by atoms with van der Waals surface area (Å²) >= 11 is 0. The highest BCUT2D eigenvalue weighted by atomic mass is 16.2. The van der Waals surface area contributed by atoms with Gasteiger partial charge in [-0.2, -0.15) is 0 Å². The molecule has 0 atom stereocenters. The molecule has 2 rings (SSSR count). The van der Waals surface area contributed by atoms with Crippen molar-refractivity contribution in [2.24, 2.45) is 0 Å². The summed E-state index contributed by atoms with van der Waals surface area (Å²) < 4.78 is 0. The van der Waals surface area contributed by atoms with Gasteiger partial charge in [-0.25, -0.2) is 0 Å². The van der Waals surface area contributed by atoms with Gasteiger partial charge < -0.3 is 10.0 Å². The van der Waals surface area contributed by atoms with E-state index in [1.807, 2.05) is 24.3 Å². The van der Waals surface area contributed by atoms with Crippen molar-refractivity contribution >= 4 is 5.91 Å². The van der Waals surface area contributed by atoms with E-state index in [1.54, 1.807) is 36.3 Å². The second-order valence-corrected chi connectivity index (χ2v) is 4.49. The molecule has 0 unspecified atom stereocenters. The normalized spacial score (nSPS) is 9.62. The summed E-state index contributed by atoms with van der Waals surface area (Å²) in [5.74, 6) is 5.25. The largest absolute Gasteiger partial charge is 0.384 e. The number of hydrogen-bond acceptors (Lipinski definition) is 3. The lowest BCUT2D eigenvalue weighted by atomic mass is 10.1. The first-order valence-electron chi connectivity index (χ1n) is 6.56. The van der Waals surface area contributed by atoms with Gasteiger partial charge in [-0.15, -0.1) is 0 Å². The summed E-state index contributed by atoms with van der Waals surface area (Å²) in [4.78, 5) is 18.3. The molecule has 0 saturated heterocycles. The first kappa shape index (κ1) is 14.8. The minimum Gasteiger partial charge on any atom is -0.384 e. The maximum atomic E-state index is 12.5. The standard InChI is InChI=1S/C17H16N2O2/c1-19(13-15-9-4-5-11-18-15)17(21)16-10-3-2-7-14(16)8-6-12-20/h2-5,7,9-11,20H,12-13H2,1H3. The predicted molar refractivity (Wildman–Crippen MR) is 80.4 cm³/mol. The van der Waals surface area contributed by atoms with Crippen LogP contribution < -0.4 is 0 Å². The molecule has 0 spiro atoms. The highest BCUT2D eigenvalue weighted by molar-refractivity contribution is 5.96. The number of aliphatic hydroxyl groups is 1. The average Bonchev–Trinajstić information content (AvgIpc) is 2.53. The fourth-order valence-electron chi connectivity index (χ4n) is 1.93. The van der Waals surface area contributed by atoms with E-state index in [2.05, 4.69) is 16.8 Å². The molecule has 0 fully saturated rings. The Hall–Kier alpha value is -2.64. The Bertz CT molecular complexity index is 672. The van der Waals surface area contributed by atoms with Gasteiger partial charge in [0.2, 0.25) is 0 Å². The maximum absolute atomic E-state index is 12.5. The number of amides is 1. The molecule has 0 aliphatic carbocycles. The third kappa shape index (κ3) is 3.91. The summed E-state index contributed by atoms with van der Waals surface area (Å²) in [5.41, 5.74) is 1.97. The van der Waals surface area contributed by atoms with Crippen molar-refractivity contribution in [3.63, 3.8) is 0 Å². The minimum absolute atomic E-state index is 0.122. The third-order valence-electron chi connectivity index (χ3n) is 2.93. The number of carbonyl (C=O) groups excluding carboxylic acids is 1. The molecule has 0 saturated carbocycles. The van der Waals surface area contributed by atoms with E-state index in [1.165, 1.54) is 0 Å². The highest BCUT2D eigenvalue weighted by Gasteiger charge is 2.15. The highest BCUT2D eigenvalue weighted by Crippen LogP contribution is 2.11. The third-order valence-corrected chi connectivity index (χ3v) is 2.93. The maximum Gasteiger partial charge on any atom is 0.255 e. The molecule has 106 valence electrons. The zero-order chi connectivity index (χ0) is 15.1. The lowest BCUT2D eigenvalue weighted by molar-refractivity contribution is 0.0783. The van der Waals surface area contributed by atoms with Gasteiger partial charge in [0.15, 0.2) is 0 Å². The van der Waals surface area contributed by atoms with Crippen molar-refractivity contribution in [2.75, 3.05) is 13.7 Å². The quantitative estimate of drug-likeness (QED) is 0.871. The number of pyridine rings is 1. The molecule has 0 radical (unpaired) electrons. The molecule has 1 aromatic carbocycles. The molecule has 1 heterocycles. The van der Waals surface area contributed by atoms with Gasteiger partial charge in [0.05, 0.1) is 17.8 Å². The molecule has 4 nitrogen and oxygen atoms in total. The van der Waals surface area contributed by atoms with Gasteiger partial charge >= 0.3 is 0 Å². The smallest absolute Gasteiger partial charge is 0.255 e. The van der Waals surface area contributed by atoms with Crippen LogP contribution in [-0.2, 0) is 6.54 Å². The van der Waals surface area contributed by atoms with E-state index in [0.717, 1.165) is 5.69 Å². The lowest BCUT2D eigenvalue weighted by Gasteiger charge is -2.17. The monoisotopic (exact) mass is 280 g/mol. The molecule has 1 aromatic heterocycles. The van der Waals surface area contributed by atoms with E-state index in [9.17, 15) is 4.79 Å². The fraction of sp³-hybridized carbons (Fsp3) is 0.176. The van der Waals surface area contributed by atoms with Gasteiger partial charge in [0.1, 0.15) is 6.61 Å². The Kier molecular flexibility index (Phi) is 5.08. The van der Waals surface area contributed by atoms with E-state index >= 15 is 0 Å². The van der Waals surface area contributed by atoms with Crippen LogP contribution in [0, 0.1) is 11.8 Å². The van der Waals surface area contributed by atoms with Crippen molar-refractivity contribution in [2.45, 2.75) is 6.54 Å². The van der Waals surface area contributed by atoms with Crippen LogP contribution in [0.15, 0.2) is 48.7 Å². The summed E-state index contributed by atoms with van der Waals surface area (Å²) in [7, 11) is 1.73. The van der Waals surface area contributed by atoms with Crippen molar-refractivity contribution in [3.05, 3.63) is 65.5 Å². The van der Waals surface area contributed by atoms with E-state index in [4.69, 9.17) is 5.11 Å². The van der Waals surface area contributed by atoms with E-state index in [-0.39, 0.29) is 12.5 Å². The molecular weight excluding hydrogens is 264 g/mol. The van der Waals surface area contributed by atoms with Crippen LogP contribution >= 0.6 is 0 Å². The lowest BCUT2D eigenvalue weighted by Crippen LogP contribution is -2.27. The summed E-state index contributed by atoms with van der Waals surface area (Å²) in [6.07, 6.45) is 1.70. The number of carbonyl (C=O) groups is 1. The van der Waals surface area contributed by atoms with Crippen LogP contribution in [0.2, 0.25) is 0 Å². The zero-order valence-electron chi connectivity index (χ0n) is 11.8. The van der Waals surface area contributed by atoms with Gasteiger partial charge in [-0.05, 0) is 24.3 Å². The number of nitrogens with zero attached hydrogens (tertiary/aromatic N) is 2. The fourth-order valence-corrected chi connectivity index (χ4v) is 1.93. The zero-order valence-corrected chi connectivity index (χ0v) is 11.8. The minimum atomic E-state index is -0.230. The van der Waals surface area contributed by atoms with Crippen molar-refractivity contribution in [1.29, 1.82) is 0 Å². The van der Waals surface area contributed by atoms with E-state index < -0.39 is 0 Å². The number of rotatable bonds is 3. The number of benzene rings is 1. The Morgan fingerprint density at radius 2 is 2.00 bits per heavy atom. The molecule has 1 amide bonds. The molecule has 2 aromatic rings. The second kappa shape index (κ2) is 7.22. The molecular formula is C17H16N2O2. The molecule has 21 heavy (non-hydrogen) atoms. The summed E-state index contributed by atoms with van der Waals surface area (Å²) in [6, 6.07) is 12.7. The van der Waals surface area contributed by atoms with Crippen LogP contribution in [0.5, 0.6) is 0 Å². The molecule has 0 aliphatic rings. The number of hydrogen-bond donors (Lipinski definition) is 1. The van der Waals surface area contributed by atoms with Crippen LogP contribution in [0.1, 0.15) is 21.6 Å². The van der Waals surface area contributed by atoms with Crippen LogP contribution in [0.4, 0.5) is 0 Å². The Morgan fingerprint density at radius 3 is 2.71 bits per heavy atom. The van der Waals surface area contributed by atoms with E-state index in [0.29, 0.717) is 17.7 Å². The first-order chi connectivity index (χ1) is 10.2. The average molecular weight is 280 g/mol. The molecule has 4 heteroatoms.